The summed E-state index contributed by atoms with van der Waals surface area (Å²) in [7, 11) is 0. The van der Waals surface area contributed by atoms with Crippen LogP contribution in [0.5, 0.6) is 0 Å². The molecule has 1 aliphatic heterocycles. The molecular formula is C21H22S. The molecule has 0 aromatic heterocycles. The molecule has 1 heterocycles. The van der Waals surface area contributed by atoms with Gasteiger partial charge in [0, 0.05) is 4.90 Å². The van der Waals surface area contributed by atoms with Gasteiger partial charge in [-0.2, -0.15) is 0 Å². The van der Waals surface area contributed by atoms with Crippen molar-refractivity contribution in [2.24, 2.45) is 0 Å². The number of hydrogen-bond acceptors (Lipinski definition) is 1. The Bertz CT molecular complexity index is 682. The maximum atomic E-state index is 4.29. The zero-order valence-corrected chi connectivity index (χ0v) is 13.8. The van der Waals surface area contributed by atoms with Crippen molar-refractivity contribution in [3.05, 3.63) is 78.4 Å². The fourth-order valence-electron chi connectivity index (χ4n) is 2.84. The second kappa shape index (κ2) is 7.02. The van der Waals surface area contributed by atoms with Gasteiger partial charge < -0.3 is 0 Å². The van der Waals surface area contributed by atoms with Gasteiger partial charge in [0.2, 0.25) is 0 Å². The van der Waals surface area contributed by atoms with E-state index >= 15 is 0 Å². The summed E-state index contributed by atoms with van der Waals surface area (Å²) in [5.41, 5.74) is 6.43. The Kier molecular flexibility index (Phi) is 4.84. The monoisotopic (exact) mass is 306 g/mol. The number of aryl methyl sites for hydroxylation is 1. The Labute approximate surface area is 138 Å². The van der Waals surface area contributed by atoms with E-state index in [4.69, 9.17) is 0 Å². The van der Waals surface area contributed by atoms with Crippen LogP contribution in [0.3, 0.4) is 0 Å². The molecule has 3 rings (SSSR count). The molecule has 0 aliphatic carbocycles. The van der Waals surface area contributed by atoms with Crippen LogP contribution in [0.2, 0.25) is 0 Å². The highest BCUT2D eigenvalue weighted by Gasteiger charge is 2.11. The van der Waals surface area contributed by atoms with Gasteiger partial charge in [-0.25, -0.2) is 0 Å². The van der Waals surface area contributed by atoms with Crippen molar-refractivity contribution >= 4 is 22.9 Å². The lowest BCUT2D eigenvalue weighted by atomic mass is 9.95. The van der Waals surface area contributed by atoms with Crippen LogP contribution in [0.25, 0.3) is 11.1 Å². The molecule has 112 valence electrons. The summed E-state index contributed by atoms with van der Waals surface area (Å²) in [4.78, 5) is 1.46. The first-order chi connectivity index (χ1) is 10.7. The maximum Gasteiger partial charge on any atom is 0.0104 e. The molecular weight excluding hydrogens is 284 g/mol. The van der Waals surface area contributed by atoms with Crippen molar-refractivity contribution in [3.8, 4) is 0 Å². The van der Waals surface area contributed by atoms with E-state index in [1.165, 1.54) is 51.3 Å². The van der Waals surface area contributed by atoms with E-state index in [1.54, 1.807) is 0 Å². The molecule has 2 aromatic carbocycles. The van der Waals surface area contributed by atoms with E-state index in [0.717, 1.165) is 12.8 Å². The summed E-state index contributed by atoms with van der Waals surface area (Å²) in [6.07, 6.45) is 4.44. The summed E-state index contributed by atoms with van der Waals surface area (Å²) < 4.78 is 0. The maximum absolute atomic E-state index is 4.29. The molecule has 0 radical (unpaired) electrons. The fraction of sp³-hybridized carbons (Fsp3) is 0.238. The Morgan fingerprint density at radius 3 is 2.41 bits per heavy atom. The van der Waals surface area contributed by atoms with Gasteiger partial charge in [-0.05, 0) is 65.3 Å². The number of allylic oxidation sites excluding steroid dienone is 2. The van der Waals surface area contributed by atoms with Crippen molar-refractivity contribution in [1.29, 1.82) is 0 Å². The van der Waals surface area contributed by atoms with Crippen molar-refractivity contribution in [1.82, 2.24) is 0 Å². The molecule has 0 fully saturated rings. The first-order valence-electron chi connectivity index (χ1n) is 7.91. The summed E-state index contributed by atoms with van der Waals surface area (Å²) in [6, 6.07) is 17.3. The molecule has 0 bridgehead atoms. The minimum atomic E-state index is 0.967. The standard InChI is InChI=1S/C21H22S/c1-16(18-7-4-3-5-8-18)10-11-17(2)19-12-13-21-20(15-19)9-6-14-22-21/h3-5,7-8,12-13,15H,1-2,6,9-11,14H2. The lowest BCUT2D eigenvalue weighted by Crippen LogP contribution is -1.99. The summed E-state index contributed by atoms with van der Waals surface area (Å²) in [6.45, 7) is 8.51. The third-order valence-electron chi connectivity index (χ3n) is 4.23. The van der Waals surface area contributed by atoms with Gasteiger partial charge in [0.25, 0.3) is 0 Å². The van der Waals surface area contributed by atoms with Crippen LogP contribution in [0, 0.1) is 0 Å². The quantitative estimate of drug-likeness (QED) is 0.631. The number of benzene rings is 2. The number of fused-ring (bicyclic) bond motifs is 1. The topological polar surface area (TPSA) is 0 Å². The molecule has 0 saturated carbocycles. The summed E-state index contributed by atoms with van der Waals surface area (Å²) >= 11 is 1.98. The first-order valence-corrected chi connectivity index (χ1v) is 8.89. The smallest absolute Gasteiger partial charge is 0.0104 e. The lowest BCUT2D eigenvalue weighted by Gasteiger charge is -2.17. The highest BCUT2D eigenvalue weighted by Crippen LogP contribution is 2.33. The molecule has 2 aromatic rings. The molecule has 0 spiro atoms. The highest BCUT2D eigenvalue weighted by molar-refractivity contribution is 7.99. The number of thioether (sulfide) groups is 1. The average molecular weight is 306 g/mol. The molecule has 1 heteroatoms. The van der Waals surface area contributed by atoms with Crippen LogP contribution in [0.4, 0.5) is 0 Å². The average Bonchev–Trinajstić information content (AvgIpc) is 2.59. The number of rotatable bonds is 5. The van der Waals surface area contributed by atoms with Gasteiger partial charge in [0.1, 0.15) is 0 Å². The van der Waals surface area contributed by atoms with Crippen molar-refractivity contribution in [3.63, 3.8) is 0 Å². The Balaban J connectivity index is 1.64. The Morgan fingerprint density at radius 1 is 0.909 bits per heavy atom. The van der Waals surface area contributed by atoms with E-state index in [-0.39, 0.29) is 0 Å². The Morgan fingerprint density at radius 2 is 1.64 bits per heavy atom. The van der Waals surface area contributed by atoms with Crippen LogP contribution < -0.4 is 0 Å². The summed E-state index contributed by atoms with van der Waals surface area (Å²) in [5, 5.41) is 0. The second-order valence-electron chi connectivity index (χ2n) is 5.85. The van der Waals surface area contributed by atoms with E-state index < -0.39 is 0 Å². The molecule has 22 heavy (non-hydrogen) atoms. The van der Waals surface area contributed by atoms with Crippen LogP contribution in [-0.2, 0) is 6.42 Å². The van der Waals surface area contributed by atoms with Gasteiger partial charge in [-0.3, -0.25) is 0 Å². The van der Waals surface area contributed by atoms with E-state index in [1.807, 2.05) is 17.8 Å². The van der Waals surface area contributed by atoms with Gasteiger partial charge >= 0.3 is 0 Å². The zero-order valence-electron chi connectivity index (χ0n) is 13.0. The minimum Gasteiger partial charge on any atom is -0.126 e. The first kappa shape index (κ1) is 15.2. The van der Waals surface area contributed by atoms with Crippen LogP contribution in [0.1, 0.15) is 36.0 Å². The highest BCUT2D eigenvalue weighted by atomic mass is 32.2. The summed E-state index contributed by atoms with van der Waals surface area (Å²) in [5.74, 6) is 1.25. The van der Waals surface area contributed by atoms with Gasteiger partial charge in [-0.15, -0.1) is 11.8 Å². The largest absolute Gasteiger partial charge is 0.126 e. The Hall–Kier alpha value is -1.73. The van der Waals surface area contributed by atoms with Gasteiger partial charge in [0.15, 0.2) is 0 Å². The van der Waals surface area contributed by atoms with Gasteiger partial charge in [0.05, 0.1) is 0 Å². The van der Waals surface area contributed by atoms with E-state index in [2.05, 4.69) is 55.6 Å². The third kappa shape index (κ3) is 3.53. The predicted octanol–water partition coefficient (Wildman–Crippen LogP) is 6.23. The minimum absolute atomic E-state index is 0.967. The molecule has 0 atom stereocenters. The molecule has 0 N–H and O–H groups in total. The molecule has 0 unspecified atom stereocenters. The predicted molar refractivity (Wildman–Crippen MR) is 99.2 cm³/mol. The molecule has 1 aliphatic rings. The molecule has 0 amide bonds. The van der Waals surface area contributed by atoms with Crippen molar-refractivity contribution < 1.29 is 0 Å². The SMILES string of the molecule is C=C(CCC(=C)c1ccc2c(c1)CCCS2)c1ccccc1. The van der Waals surface area contributed by atoms with E-state index in [9.17, 15) is 0 Å². The normalized spacial score (nSPS) is 13.5. The van der Waals surface area contributed by atoms with Crippen molar-refractivity contribution in [2.45, 2.75) is 30.6 Å². The van der Waals surface area contributed by atoms with Crippen LogP contribution >= 0.6 is 11.8 Å². The van der Waals surface area contributed by atoms with Crippen LogP contribution in [0.15, 0.2) is 66.6 Å². The molecule has 0 saturated heterocycles. The molecule has 0 nitrogen and oxygen atoms in total. The number of hydrogen-bond donors (Lipinski definition) is 0. The fourth-order valence-corrected chi connectivity index (χ4v) is 3.86. The zero-order chi connectivity index (χ0) is 15.4. The third-order valence-corrected chi connectivity index (χ3v) is 5.43. The van der Waals surface area contributed by atoms with Gasteiger partial charge in [-0.1, -0.05) is 55.6 Å². The lowest BCUT2D eigenvalue weighted by molar-refractivity contribution is 0.888. The second-order valence-corrected chi connectivity index (χ2v) is 6.98. The van der Waals surface area contributed by atoms with Crippen molar-refractivity contribution in [2.75, 3.05) is 5.75 Å². The van der Waals surface area contributed by atoms with E-state index in [0.29, 0.717) is 0 Å². The van der Waals surface area contributed by atoms with Crippen LogP contribution in [-0.4, -0.2) is 5.75 Å².